The van der Waals surface area contributed by atoms with E-state index in [9.17, 15) is 10.2 Å². The van der Waals surface area contributed by atoms with Crippen LogP contribution in [0.2, 0.25) is 0 Å². The summed E-state index contributed by atoms with van der Waals surface area (Å²) in [5.41, 5.74) is 12.7. The zero-order valence-electron chi connectivity index (χ0n) is 16.2. The van der Waals surface area contributed by atoms with E-state index in [1.165, 1.54) is 0 Å². The number of ether oxygens (including phenoxy) is 4. The lowest BCUT2D eigenvalue weighted by atomic mass is 9.91. The van der Waals surface area contributed by atoms with Crippen LogP contribution in [-0.2, 0) is 12.1 Å². The van der Waals surface area contributed by atoms with Crippen LogP contribution in [0, 0.1) is 0 Å². The Balaban J connectivity index is 0.00000160. The van der Waals surface area contributed by atoms with Crippen molar-refractivity contribution in [3.63, 3.8) is 0 Å². The van der Waals surface area contributed by atoms with Gasteiger partial charge in [0.05, 0.1) is 17.9 Å². The summed E-state index contributed by atoms with van der Waals surface area (Å²) >= 11 is 0. The average molecular weight is 461 g/mol. The molecule has 0 amide bonds. The van der Waals surface area contributed by atoms with Crippen molar-refractivity contribution >= 4 is 24.8 Å². The first-order valence-corrected chi connectivity index (χ1v) is 9.15. The van der Waals surface area contributed by atoms with Crippen LogP contribution >= 0.6 is 24.8 Å². The van der Waals surface area contributed by atoms with E-state index in [0.29, 0.717) is 41.4 Å². The van der Waals surface area contributed by atoms with Crippen LogP contribution < -0.4 is 30.4 Å². The number of benzene rings is 2. The number of hydrogen-bond donors (Lipinski definition) is 4. The Kier molecular flexibility index (Phi) is 8.04. The highest BCUT2D eigenvalue weighted by Crippen LogP contribution is 2.35. The molecule has 30 heavy (non-hydrogen) atoms. The molecule has 166 valence electrons. The van der Waals surface area contributed by atoms with Crippen molar-refractivity contribution in [2.24, 2.45) is 11.5 Å². The summed E-state index contributed by atoms with van der Waals surface area (Å²) in [5.74, 6) is 2.60. The number of aliphatic hydroxyl groups excluding tert-OH is 2. The molecule has 0 fully saturated rings. The predicted octanol–water partition coefficient (Wildman–Crippen LogP) is 1.80. The first kappa shape index (κ1) is 24.3. The fraction of sp³-hybridized carbons (Fsp3) is 0.400. The van der Waals surface area contributed by atoms with Gasteiger partial charge < -0.3 is 40.6 Å². The van der Waals surface area contributed by atoms with Gasteiger partial charge in [-0.2, -0.15) is 0 Å². The number of aryl methyl sites for hydroxylation is 1. The molecule has 2 aliphatic heterocycles. The third-order valence-electron chi connectivity index (χ3n) is 5.07. The summed E-state index contributed by atoms with van der Waals surface area (Å²) in [4.78, 5) is 0. The summed E-state index contributed by atoms with van der Waals surface area (Å²) in [5, 5.41) is 20.8. The zero-order chi connectivity index (χ0) is 19.7. The van der Waals surface area contributed by atoms with Crippen LogP contribution in [-0.4, -0.2) is 36.0 Å². The van der Waals surface area contributed by atoms with Crippen LogP contribution in [0.25, 0.3) is 0 Å². The molecule has 0 saturated carbocycles. The standard InChI is InChI=1S/C20H24N2O6.2ClH/c21-20(22,13-3-6-17-19(8-13)28-11-26-17)9-15(24)14(23)4-1-12-2-5-16-18(7-12)27-10-25-16;;/h2-3,5-8,14-15,23-24H,1,4,9-11,21-22H2;2*1H. The highest BCUT2D eigenvalue weighted by atomic mass is 35.5. The van der Waals surface area contributed by atoms with E-state index >= 15 is 0 Å². The molecule has 0 aromatic heterocycles. The second-order valence-corrected chi connectivity index (χ2v) is 7.17. The maximum absolute atomic E-state index is 10.4. The van der Waals surface area contributed by atoms with Crippen molar-refractivity contribution in [2.75, 3.05) is 13.6 Å². The van der Waals surface area contributed by atoms with Crippen LogP contribution in [0.5, 0.6) is 23.0 Å². The van der Waals surface area contributed by atoms with Crippen molar-refractivity contribution in [3.05, 3.63) is 47.5 Å². The Morgan fingerprint density at radius 3 is 2.03 bits per heavy atom. The fourth-order valence-corrected chi connectivity index (χ4v) is 3.39. The third kappa shape index (κ3) is 5.21. The first-order chi connectivity index (χ1) is 13.4. The van der Waals surface area contributed by atoms with E-state index < -0.39 is 17.9 Å². The molecule has 2 atom stereocenters. The molecule has 2 unspecified atom stereocenters. The van der Waals surface area contributed by atoms with E-state index in [1.54, 1.807) is 18.2 Å². The Bertz CT molecular complexity index is 867. The van der Waals surface area contributed by atoms with Gasteiger partial charge in [-0.1, -0.05) is 12.1 Å². The van der Waals surface area contributed by atoms with E-state index in [0.717, 1.165) is 5.56 Å². The van der Waals surface area contributed by atoms with Gasteiger partial charge in [0.1, 0.15) is 0 Å². The molecule has 0 saturated heterocycles. The number of aliphatic hydroxyl groups is 2. The van der Waals surface area contributed by atoms with Gasteiger partial charge in [0.25, 0.3) is 0 Å². The molecule has 8 nitrogen and oxygen atoms in total. The highest BCUT2D eigenvalue weighted by molar-refractivity contribution is 5.85. The van der Waals surface area contributed by atoms with E-state index in [4.69, 9.17) is 30.4 Å². The quantitative estimate of drug-likeness (QED) is 0.460. The fourth-order valence-electron chi connectivity index (χ4n) is 3.39. The Morgan fingerprint density at radius 2 is 1.37 bits per heavy atom. The molecule has 0 spiro atoms. The minimum absolute atomic E-state index is 0. The van der Waals surface area contributed by atoms with E-state index in [2.05, 4.69) is 0 Å². The second-order valence-electron chi connectivity index (χ2n) is 7.17. The summed E-state index contributed by atoms with van der Waals surface area (Å²) in [6.07, 6.45) is -1.12. The summed E-state index contributed by atoms with van der Waals surface area (Å²) in [6, 6.07) is 10.8. The number of nitrogens with two attached hydrogens (primary N) is 2. The monoisotopic (exact) mass is 460 g/mol. The molecule has 10 heteroatoms. The third-order valence-corrected chi connectivity index (χ3v) is 5.07. The molecule has 0 bridgehead atoms. The summed E-state index contributed by atoms with van der Waals surface area (Å²) in [7, 11) is 0. The average Bonchev–Trinajstić information content (AvgIpc) is 3.33. The Morgan fingerprint density at radius 1 is 0.800 bits per heavy atom. The summed E-state index contributed by atoms with van der Waals surface area (Å²) in [6.45, 7) is 0.372. The predicted molar refractivity (Wildman–Crippen MR) is 115 cm³/mol. The molecule has 0 radical (unpaired) electrons. The van der Waals surface area contributed by atoms with Crippen LogP contribution in [0.1, 0.15) is 24.0 Å². The number of rotatable bonds is 7. The highest BCUT2D eigenvalue weighted by Gasteiger charge is 2.30. The number of halogens is 2. The molecule has 2 heterocycles. The number of hydrogen-bond acceptors (Lipinski definition) is 8. The lowest BCUT2D eigenvalue weighted by Crippen LogP contribution is -2.50. The maximum atomic E-state index is 10.4. The molecule has 4 rings (SSSR count). The molecular formula is C20H26Cl2N2O6. The number of fused-ring (bicyclic) bond motifs is 2. The Hall–Kier alpha value is -1.94. The van der Waals surface area contributed by atoms with Gasteiger partial charge in [-0.3, -0.25) is 0 Å². The van der Waals surface area contributed by atoms with Gasteiger partial charge in [0, 0.05) is 6.42 Å². The van der Waals surface area contributed by atoms with E-state index in [-0.39, 0.29) is 44.8 Å². The minimum atomic E-state index is -1.32. The van der Waals surface area contributed by atoms with Crippen molar-refractivity contribution < 1.29 is 29.2 Å². The lowest BCUT2D eigenvalue weighted by Gasteiger charge is -2.30. The van der Waals surface area contributed by atoms with Crippen LogP contribution in [0.4, 0.5) is 0 Å². The van der Waals surface area contributed by atoms with Crippen LogP contribution in [0.3, 0.4) is 0 Å². The topological polar surface area (TPSA) is 129 Å². The second kappa shape index (κ2) is 9.91. The van der Waals surface area contributed by atoms with E-state index in [1.807, 2.05) is 18.2 Å². The lowest BCUT2D eigenvalue weighted by molar-refractivity contribution is -0.00297. The molecule has 2 aromatic carbocycles. The molecule has 0 aliphatic carbocycles. The maximum Gasteiger partial charge on any atom is 0.231 e. The van der Waals surface area contributed by atoms with Crippen molar-refractivity contribution in [3.8, 4) is 23.0 Å². The minimum Gasteiger partial charge on any atom is -0.454 e. The van der Waals surface area contributed by atoms with Crippen LogP contribution in [0.15, 0.2) is 36.4 Å². The molecule has 6 N–H and O–H groups in total. The van der Waals surface area contributed by atoms with Gasteiger partial charge >= 0.3 is 0 Å². The van der Waals surface area contributed by atoms with Crippen molar-refractivity contribution in [2.45, 2.75) is 37.1 Å². The molecule has 2 aromatic rings. The van der Waals surface area contributed by atoms with Gasteiger partial charge in [0.15, 0.2) is 23.0 Å². The van der Waals surface area contributed by atoms with Gasteiger partial charge in [0.2, 0.25) is 13.6 Å². The Labute approximate surface area is 186 Å². The van der Waals surface area contributed by atoms with Gasteiger partial charge in [-0.25, -0.2) is 0 Å². The van der Waals surface area contributed by atoms with Crippen molar-refractivity contribution in [1.29, 1.82) is 0 Å². The molecular weight excluding hydrogens is 435 g/mol. The molecule has 2 aliphatic rings. The smallest absolute Gasteiger partial charge is 0.231 e. The first-order valence-electron chi connectivity index (χ1n) is 9.15. The van der Waals surface area contributed by atoms with Crippen molar-refractivity contribution in [1.82, 2.24) is 0 Å². The van der Waals surface area contributed by atoms with Gasteiger partial charge in [-0.05, 0) is 48.2 Å². The SMILES string of the molecule is Cl.Cl.NC(N)(CC(O)C(O)CCc1ccc2c(c1)OCO2)c1ccc2c(c1)OCO2. The largest absolute Gasteiger partial charge is 0.454 e. The zero-order valence-corrected chi connectivity index (χ0v) is 17.8. The summed E-state index contributed by atoms with van der Waals surface area (Å²) < 4.78 is 21.3. The normalized spacial score (nSPS) is 15.7. The van der Waals surface area contributed by atoms with Gasteiger partial charge in [-0.15, -0.1) is 24.8 Å².